The SMILES string of the molecule is CCC1CCC(NCc2ccc(Cl)c(Br)c2)C1C. The molecule has 0 bridgehead atoms. The van der Waals surface area contributed by atoms with Crippen molar-refractivity contribution in [3.05, 3.63) is 33.3 Å². The normalized spacial score (nSPS) is 27.7. The predicted octanol–water partition coefficient (Wildman–Crippen LogP) is 5.02. The van der Waals surface area contributed by atoms with Gasteiger partial charge in [-0.2, -0.15) is 0 Å². The predicted molar refractivity (Wildman–Crippen MR) is 82.0 cm³/mol. The summed E-state index contributed by atoms with van der Waals surface area (Å²) in [6, 6.07) is 6.82. The Bertz CT molecular complexity index is 407. The summed E-state index contributed by atoms with van der Waals surface area (Å²) in [7, 11) is 0. The fraction of sp³-hybridized carbons (Fsp3) is 0.600. The van der Waals surface area contributed by atoms with Crippen LogP contribution in [0.2, 0.25) is 5.02 Å². The molecule has 1 fully saturated rings. The molecule has 3 unspecified atom stereocenters. The lowest BCUT2D eigenvalue weighted by atomic mass is 9.93. The highest BCUT2D eigenvalue weighted by molar-refractivity contribution is 9.10. The van der Waals surface area contributed by atoms with E-state index in [2.05, 4.69) is 47.2 Å². The number of nitrogens with one attached hydrogen (secondary N) is 1. The summed E-state index contributed by atoms with van der Waals surface area (Å²) in [6.07, 6.45) is 4.00. The van der Waals surface area contributed by atoms with Crippen LogP contribution in [-0.2, 0) is 6.54 Å². The van der Waals surface area contributed by atoms with E-state index in [0.29, 0.717) is 6.04 Å². The molecule has 0 radical (unpaired) electrons. The van der Waals surface area contributed by atoms with E-state index in [0.717, 1.165) is 27.9 Å². The van der Waals surface area contributed by atoms with Gasteiger partial charge in [-0.05, 0) is 58.3 Å². The van der Waals surface area contributed by atoms with Crippen molar-refractivity contribution in [2.24, 2.45) is 11.8 Å². The monoisotopic (exact) mass is 329 g/mol. The smallest absolute Gasteiger partial charge is 0.0548 e. The van der Waals surface area contributed by atoms with Gasteiger partial charge in [0.05, 0.1) is 5.02 Å². The van der Waals surface area contributed by atoms with Crippen LogP contribution in [0, 0.1) is 11.8 Å². The van der Waals surface area contributed by atoms with E-state index in [9.17, 15) is 0 Å². The zero-order valence-corrected chi connectivity index (χ0v) is 13.4. The van der Waals surface area contributed by atoms with Crippen LogP contribution in [0.5, 0.6) is 0 Å². The third-order valence-electron chi connectivity index (χ3n) is 4.30. The first-order chi connectivity index (χ1) is 8.61. The maximum atomic E-state index is 6.00. The second-order valence-electron chi connectivity index (χ2n) is 5.34. The van der Waals surface area contributed by atoms with Crippen molar-refractivity contribution in [2.75, 3.05) is 0 Å². The molecule has 1 saturated carbocycles. The van der Waals surface area contributed by atoms with Gasteiger partial charge in [0.25, 0.3) is 0 Å². The van der Waals surface area contributed by atoms with Gasteiger partial charge < -0.3 is 5.32 Å². The number of halogens is 2. The summed E-state index contributed by atoms with van der Waals surface area (Å²) in [5.41, 5.74) is 1.29. The summed E-state index contributed by atoms with van der Waals surface area (Å²) >= 11 is 9.47. The number of hydrogen-bond acceptors (Lipinski definition) is 1. The molecule has 0 aromatic heterocycles. The van der Waals surface area contributed by atoms with E-state index in [1.165, 1.54) is 24.8 Å². The van der Waals surface area contributed by atoms with Crippen LogP contribution in [0.3, 0.4) is 0 Å². The molecule has 3 atom stereocenters. The first-order valence-electron chi connectivity index (χ1n) is 6.79. The molecule has 100 valence electrons. The van der Waals surface area contributed by atoms with Crippen LogP contribution < -0.4 is 5.32 Å². The van der Waals surface area contributed by atoms with Crippen molar-refractivity contribution in [3.8, 4) is 0 Å². The van der Waals surface area contributed by atoms with E-state index in [1.807, 2.05) is 6.07 Å². The van der Waals surface area contributed by atoms with Crippen LogP contribution in [0.25, 0.3) is 0 Å². The first kappa shape index (κ1) is 14.4. The minimum absolute atomic E-state index is 0.671. The van der Waals surface area contributed by atoms with Gasteiger partial charge in [-0.15, -0.1) is 0 Å². The maximum absolute atomic E-state index is 6.00. The Labute approximate surface area is 123 Å². The van der Waals surface area contributed by atoms with Gasteiger partial charge in [-0.3, -0.25) is 0 Å². The lowest BCUT2D eigenvalue weighted by Gasteiger charge is -2.21. The highest BCUT2D eigenvalue weighted by atomic mass is 79.9. The highest BCUT2D eigenvalue weighted by Crippen LogP contribution is 2.34. The largest absolute Gasteiger partial charge is 0.310 e. The standard InChI is InChI=1S/C15H21BrClN/c1-3-12-5-7-15(10(12)2)18-9-11-4-6-14(17)13(16)8-11/h4,6,8,10,12,15,18H,3,5,7,9H2,1-2H3. The number of benzene rings is 1. The molecule has 1 aliphatic carbocycles. The lowest BCUT2D eigenvalue weighted by molar-refractivity contribution is 0.344. The van der Waals surface area contributed by atoms with Crippen molar-refractivity contribution < 1.29 is 0 Å². The maximum Gasteiger partial charge on any atom is 0.0548 e. The Morgan fingerprint density at radius 1 is 1.39 bits per heavy atom. The summed E-state index contributed by atoms with van der Waals surface area (Å²) in [6.45, 7) is 5.62. The quantitative estimate of drug-likeness (QED) is 0.817. The zero-order valence-electron chi connectivity index (χ0n) is 11.0. The van der Waals surface area contributed by atoms with Crippen LogP contribution in [0.4, 0.5) is 0 Å². The Morgan fingerprint density at radius 2 is 2.17 bits per heavy atom. The van der Waals surface area contributed by atoms with Crippen molar-refractivity contribution in [3.63, 3.8) is 0 Å². The fourth-order valence-electron chi connectivity index (χ4n) is 3.01. The first-order valence-corrected chi connectivity index (χ1v) is 7.96. The lowest BCUT2D eigenvalue weighted by Crippen LogP contribution is -2.32. The third-order valence-corrected chi connectivity index (χ3v) is 5.52. The Kier molecular flexibility index (Phi) is 5.11. The summed E-state index contributed by atoms with van der Waals surface area (Å²) < 4.78 is 0.981. The molecule has 0 saturated heterocycles. The van der Waals surface area contributed by atoms with Gasteiger partial charge in [-0.25, -0.2) is 0 Å². The number of hydrogen-bond donors (Lipinski definition) is 1. The van der Waals surface area contributed by atoms with Gasteiger partial charge in [0.1, 0.15) is 0 Å². The molecule has 1 aromatic carbocycles. The molecular formula is C15H21BrClN. The summed E-state index contributed by atoms with van der Waals surface area (Å²) in [5, 5.41) is 4.47. The van der Waals surface area contributed by atoms with Gasteiger partial charge >= 0.3 is 0 Å². The number of rotatable bonds is 4. The second kappa shape index (κ2) is 6.40. The van der Waals surface area contributed by atoms with Gasteiger partial charge in [0, 0.05) is 17.1 Å². The Morgan fingerprint density at radius 3 is 2.78 bits per heavy atom. The molecule has 3 heteroatoms. The minimum Gasteiger partial charge on any atom is -0.310 e. The zero-order chi connectivity index (χ0) is 13.1. The average molecular weight is 331 g/mol. The van der Waals surface area contributed by atoms with Crippen molar-refractivity contribution in [2.45, 2.75) is 45.7 Å². The molecular weight excluding hydrogens is 310 g/mol. The van der Waals surface area contributed by atoms with Crippen LogP contribution in [-0.4, -0.2) is 6.04 Å². The molecule has 0 heterocycles. The van der Waals surface area contributed by atoms with E-state index >= 15 is 0 Å². The third kappa shape index (κ3) is 3.28. The molecule has 1 N–H and O–H groups in total. The fourth-order valence-corrected chi connectivity index (χ4v) is 3.55. The Balaban J connectivity index is 1.90. The van der Waals surface area contributed by atoms with Crippen LogP contribution in [0.15, 0.2) is 22.7 Å². The van der Waals surface area contributed by atoms with Gasteiger partial charge in [-0.1, -0.05) is 37.9 Å². The van der Waals surface area contributed by atoms with E-state index in [-0.39, 0.29) is 0 Å². The summed E-state index contributed by atoms with van der Waals surface area (Å²) in [5.74, 6) is 1.70. The van der Waals surface area contributed by atoms with E-state index < -0.39 is 0 Å². The Hall–Kier alpha value is -0.0500. The highest BCUT2D eigenvalue weighted by Gasteiger charge is 2.30. The summed E-state index contributed by atoms with van der Waals surface area (Å²) in [4.78, 5) is 0. The van der Waals surface area contributed by atoms with Crippen LogP contribution >= 0.6 is 27.5 Å². The molecule has 0 amide bonds. The molecule has 2 rings (SSSR count). The second-order valence-corrected chi connectivity index (χ2v) is 6.60. The molecule has 18 heavy (non-hydrogen) atoms. The van der Waals surface area contributed by atoms with E-state index in [1.54, 1.807) is 0 Å². The molecule has 1 nitrogen and oxygen atoms in total. The topological polar surface area (TPSA) is 12.0 Å². The van der Waals surface area contributed by atoms with Crippen molar-refractivity contribution in [1.82, 2.24) is 5.32 Å². The average Bonchev–Trinajstić information content (AvgIpc) is 2.72. The molecule has 1 aromatic rings. The van der Waals surface area contributed by atoms with Crippen molar-refractivity contribution in [1.29, 1.82) is 0 Å². The van der Waals surface area contributed by atoms with Gasteiger partial charge in [0.15, 0.2) is 0 Å². The van der Waals surface area contributed by atoms with Crippen LogP contribution in [0.1, 0.15) is 38.7 Å². The van der Waals surface area contributed by atoms with Crippen molar-refractivity contribution >= 4 is 27.5 Å². The van der Waals surface area contributed by atoms with E-state index in [4.69, 9.17) is 11.6 Å². The molecule has 1 aliphatic rings. The van der Waals surface area contributed by atoms with Gasteiger partial charge in [0.2, 0.25) is 0 Å². The molecule has 0 spiro atoms. The molecule has 0 aliphatic heterocycles. The minimum atomic E-state index is 0.671.